The molecule has 35 heavy (non-hydrogen) atoms. The van der Waals surface area contributed by atoms with Gasteiger partial charge < -0.3 is 21.2 Å². The second-order valence-corrected chi connectivity index (χ2v) is 9.63. The van der Waals surface area contributed by atoms with E-state index in [1.807, 2.05) is 26.0 Å². The summed E-state index contributed by atoms with van der Waals surface area (Å²) in [6, 6.07) is 7.78. The summed E-state index contributed by atoms with van der Waals surface area (Å²) in [5, 5.41) is 2.94. The molecule has 1 unspecified atom stereocenters. The monoisotopic (exact) mass is 497 g/mol. The number of carbonyl (C=O) groups is 3. The van der Waals surface area contributed by atoms with Crippen LogP contribution in [0.2, 0.25) is 0 Å². The van der Waals surface area contributed by atoms with Gasteiger partial charge in [0.1, 0.15) is 16.4 Å². The summed E-state index contributed by atoms with van der Waals surface area (Å²) in [6.07, 6.45) is 0.775. The molecule has 0 saturated carbocycles. The molecule has 3 aromatic rings. The van der Waals surface area contributed by atoms with Crippen LogP contribution in [0.5, 0.6) is 0 Å². The van der Waals surface area contributed by atoms with E-state index >= 15 is 0 Å². The van der Waals surface area contributed by atoms with Gasteiger partial charge in [0.25, 0.3) is 17.7 Å². The molecule has 0 bridgehead atoms. The Kier molecular flexibility index (Phi) is 7.96. The quantitative estimate of drug-likeness (QED) is 0.409. The summed E-state index contributed by atoms with van der Waals surface area (Å²) in [5.41, 5.74) is 13.4. The molecule has 2 heterocycles. The first-order chi connectivity index (χ1) is 16.5. The fourth-order valence-corrected chi connectivity index (χ4v) is 4.40. The van der Waals surface area contributed by atoms with E-state index in [4.69, 9.17) is 15.9 Å². The van der Waals surface area contributed by atoms with Gasteiger partial charge in [0, 0.05) is 12.2 Å². The normalized spacial score (nSPS) is 11.9. The molecule has 1 aromatic carbocycles. The number of anilines is 2. The number of hydrogen-bond acceptors (Lipinski definition) is 7. The Morgan fingerprint density at radius 2 is 1.86 bits per heavy atom. The van der Waals surface area contributed by atoms with Crippen LogP contribution in [-0.4, -0.2) is 28.6 Å². The summed E-state index contributed by atoms with van der Waals surface area (Å²) in [5.74, 6) is -0.522. The molecular weight excluding hydrogens is 466 g/mol. The van der Waals surface area contributed by atoms with E-state index < -0.39 is 23.8 Å². The second-order valence-electron chi connectivity index (χ2n) is 8.86. The van der Waals surface area contributed by atoms with Crippen molar-refractivity contribution in [3.8, 4) is 0 Å². The topological polar surface area (TPSA) is 145 Å². The minimum absolute atomic E-state index is 0.0166. The average molecular weight is 498 g/mol. The molecule has 0 aliphatic heterocycles. The number of primary amides is 1. The van der Waals surface area contributed by atoms with Crippen molar-refractivity contribution in [3.63, 3.8) is 0 Å². The highest BCUT2D eigenvalue weighted by atomic mass is 32.1. The Bertz CT molecular complexity index is 1250. The lowest BCUT2D eigenvalue weighted by Crippen LogP contribution is -2.44. The highest BCUT2D eigenvalue weighted by molar-refractivity contribution is 7.09. The van der Waals surface area contributed by atoms with Crippen LogP contribution < -0.4 is 21.7 Å². The molecule has 3 rings (SSSR count). The smallest absolute Gasteiger partial charge is 0.273 e. The number of aryl methyl sites for hydroxylation is 2. The Balaban J connectivity index is 2.19. The second kappa shape index (κ2) is 10.7. The Labute approximate surface area is 208 Å². The number of nitrogen functional groups attached to an aromatic ring is 1. The Morgan fingerprint density at radius 3 is 2.43 bits per heavy atom. The molecule has 5 N–H and O–H groups in total. The van der Waals surface area contributed by atoms with Crippen molar-refractivity contribution in [2.75, 3.05) is 17.2 Å². The number of rotatable bonds is 9. The molecule has 2 aromatic heterocycles. The third kappa shape index (κ3) is 5.54. The van der Waals surface area contributed by atoms with Crippen LogP contribution in [-0.2, 0) is 4.79 Å². The SMILES string of the molecule is Cc1ccc(C(C(=O)NCCC(C)C)N(C(=O)c2snc(C(N)=O)c2N)c2cccc(C)c2C)o1. The first-order valence-corrected chi connectivity index (χ1v) is 12.1. The number of nitrogens with two attached hydrogens (primary N) is 2. The number of furan rings is 1. The zero-order chi connectivity index (χ0) is 25.9. The van der Waals surface area contributed by atoms with Gasteiger partial charge in [0.2, 0.25) is 0 Å². The number of amides is 3. The van der Waals surface area contributed by atoms with Crippen molar-refractivity contribution in [1.82, 2.24) is 9.69 Å². The van der Waals surface area contributed by atoms with Gasteiger partial charge >= 0.3 is 0 Å². The van der Waals surface area contributed by atoms with Crippen LogP contribution >= 0.6 is 11.5 Å². The zero-order valence-corrected chi connectivity index (χ0v) is 21.4. The van der Waals surface area contributed by atoms with Crippen LogP contribution in [0.4, 0.5) is 11.4 Å². The van der Waals surface area contributed by atoms with E-state index in [2.05, 4.69) is 23.5 Å². The molecule has 0 fully saturated rings. The highest BCUT2D eigenvalue weighted by Crippen LogP contribution is 2.36. The highest BCUT2D eigenvalue weighted by Gasteiger charge is 2.38. The first-order valence-electron chi connectivity index (χ1n) is 11.3. The Morgan fingerprint density at radius 1 is 1.14 bits per heavy atom. The van der Waals surface area contributed by atoms with Gasteiger partial charge in [-0.3, -0.25) is 19.3 Å². The summed E-state index contributed by atoms with van der Waals surface area (Å²) in [6.45, 7) is 10.1. The van der Waals surface area contributed by atoms with Crippen LogP contribution in [0.15, 0.2) is 34.7 Å². The van der Waals surface area contributed by atoms with E-state index in [0.29, 0.717) is 29.7 Å². The fourth-order valence-electron chi connectivity index (χ4n) is 3.66. The van der Waals surface area contributed by atoms with Crippen molar-refractivity contribution < 1.29 is 18.8 Å². The number of benzene rings is 1. The van der Waals surface area contributed by atoms with Crippen molar-refractivity contribution in [1.29, 1.82) is 0 Å². The van der Waals surface area contributed by atoms with Gasteiger partial charge in [0.05, 0.1) is 5.69 Å². The first kappa shape index (κ1) is 26.0. The molecule has 0 aliphatic rings. The van der Waals surface area contributed by atoms with Crippen LogP contribution in [0.25, 0.3) is 0 Å². The molecule has 0 radical (unpaired) electrons. The van der Waals surface area contributed by atoms with Gasteiger partial charge in [-0.05, 0) is 74.0 Å². The van der Waals surface area contributed by atoms with Crippen molar-refractivity contribution >= 4 is 40.6 Å². The van der Waals surface area contributed by atoms with E-state index in [1.165, 1.54) is 4.90 Å². The van der Waals surface area contributed by atoms with Crippen LogP contribution in [0.3, 0.4) is 0 Å². The van der Waals surface area contributed by atoms with Crippen LogP contribution in [0, 0.1) is 26.7 Å². The zero-order valence-electron chi connectivity index (χ0n) is 20.5. The van der Waals surface area contributed by atoms with E-state index in [1.54, 1.807) is 25.1 Å². The lowest BCUT2D eigenvalue weighted by molar-refractivity contribution is -0.122. The molecule has 1 atom stereocenters. The molecule has 9 nitrogen and oxygen atoms in total. The summed E-state index contributed by atoms with van der Waals surface area (Å²) < 4.78 is 9.83. The summed E-state index contributed by atoms with van der Waals surface area (Å²) in [7, 11) is 0. The maximum atomic E-state index is 14.0. The number of nitrogens with one attached hydrogen (secondary N) is 1. The van der Waals surface area contributed by atoms with E-state index in [0.717, 1.165) is 29.1 Å². The largest absolute Gasteiger partial charge is 0.464 e. The molecule has 0 spiro atoms. The molecule has 0 saturated heterocycles. The maximum Gasteiger partial charge on any atom is 0.273 e. The third-order valence-electron chi connectivity index (χ3n) is 5.77. The third-order valence-corrected chi connectivity index (χ3v) is 6.62. The number of nitrogens with zero attached hydrogens (tertiary/aromatic N) is 2. The average Bonchev–Trinajstić information content (AvgIpc) is 3.38. The molecule has 0 aliphatic carbocycles. The number of hydrogen-bond donors (Lipinski definition) is 3. The standard InChI is InChI=1S/C25H31N5O4S/c1-13(2)11-12-28-24(32)21(18-10-9-15(4)34-18)30(17-8-6-7-14(3)16(17)5)25(33)22-19(26)20(23(27)31)29-35-22/h6-10,13,21H,11-12,26H2,1-5H3,(H2,27,31)(H,28,32). The molecular formula is C25H31N5O4S. The van der Waals surface area contributed by atoms with Crippen molar-refractivity contribution in [3.05, 3.63) is 63.6 Å². The van der Waals surface area contributed by atoms with Crippen LogP contribution in [0.1, 0.15) is 69.1 Å². The van der Waals surface area contributed by atoms with Gasteiger partial charge in [0.15, 0.2) is 11.7 Å². The minimum Gasteiger partial charge on any atom is -0.464 e. The summed E-state index contributed by atoms with van der Waals surface area (Å²) in [4.78, 5) is 40.7. The lowest BCUT2D eigenvalue weighted by atomic mass is 10.0. The van der Waals surface area contributed by atoms with Gasteiger partial charge in [-0.25, -0.2) is 0 Å². The maximum absolute atomic E-state index is 14.0. The minimum atomic E-state index is -1.12. The predicted molar refractivity (Wildman–Crippen MR) is 136 cm³/mol. The molecule has 186 valence electrons. The van der Waals surface area contributed by atoms with E-state index in [-0.39, 0.29) is 16.3 Å². The predicted octanol–water partition coefficient (Wildman–Crippen LogP) is 3.89. The van der Waals surface area contributed by atoms with Gasteiger partial charge in [-0.1, -0.05) is 26.0 Å². The number of carbonyl (C=O) groups excluding carboxylic acids is 3. The van der Waals surface area contributed by atoms with E-state index in [9.17, 15) is 14.4 Å². The number of aromatic nitrogens is 1. The van der Waals surface area contributed by atoms with Gasteiger partial charge in [-0.15, -0.1) is 0 Å². The van der Waals surface area contributed by atoms with Crippen molar-refractivity contribution in [2.45, 2.75) is 47.1 Å². The molecule has 3 amide bonds. The summed E-state index contributed by atoms with van der Waals surface area (Å²) >= 11 is 0.768. The Hall–Kier alpha value is -3.66. The van der Waals surface area contributed by atoms with Gasteiger partial charge in [-0.2, -0.15) is 4.37 Å². The fraction of sp³-hybridized carbons (Fsp3) is 0.360. The van der Waals surface area contributed by atoms with Crippen molar-refractivity contribution in [2.24, 2.45) is 11.7 Å². The lowest BCUT2D eigenvalue weighted by Gasteiger charge is -2.31. The molecule has 10 heteroatoms.